The third-order valence-corrected chi connectivity index (χ3v) is 4.98. The quantitative estimate of drug-likeness (QED) is 0.195. The van der Waals surface area contributed by atoms with Crippen LogP contribution in [0.15, 0.2) is 79.8 Å². The van der Waals surface area contributed by atoms with E-state index in [9.17, 15) is 8.78 Å². The highest BCUT2D eigenvalue weighted by Crippen LogP contribution is 2.22. The highest BCUT2D eigenvalue weighted by atomic mass is 35.5. The zero-order chi connectivity index (χ0) is 24.8. The van der Waals surface area contributed by atoms with Crippen LogP contribution < -0.4 is 0 Å². The summed E-state index contributed by atoms with van der Waals surface area (Å²) < 4.78 is 29.5. The van der Waals surface area contributed by atoms with Gasteiger partial charge in [0.15, 0.2) is 16.8 Å². The summed E-state index contributed by atoms with van der Waals surface area (Å²) in [5.41, 5.74) is 2.40. The molecule has 0 fully saturated rings. The Balaban J connectivity index is 0.000000136. The van der Waals surface area contributed by atoms with Crippen LogP contribution in [0.3, 0.4) is 0 Å². The fraction of sp³-hybridized carbons (Fsp3) is 0. The van der Waals surface area contributed by atoms with E-state index in [1.165, 1.54) is 0 Å². The van der Waals surface area contributed by atoms with Crippen molar-refractivity contribution in [3.63, 3.8) is 0 Å². The Morgan fingerprint density at radius 2 is 1.34 bits per heavy atom. The highest BCUT2D eigenvalue weighted by Gasteiger charge is 2.13. The van der Waals surface area contributed by atoms with E-state index < -0.39 is 11.6 Å². The molecule has 0 bridgehead atoms. The molecular formula is C22H13Cl3F2N8. The first-order chi connectivity index (χ1) is 16.9. The third-order valence-electron chi connectivity index (χ3n) is 4.35. The second kappa shape index (κ2) is 11.1. The number of pyridine rings is 2. The fourth-order valence-electron chi connectivity index (χ4n) is 2.82. The number of aromatic nitrogens is 8. The van der Waals surface area contributed by atoms with Gasteiger partial charge in [-0.25, -0.2) is 38.7 Å². The Bertz CT molecular complexity index is 1560. The van der Waals surface area contributed by atoms with Crippen LogP contribution in [-0.2, 0) is 0 Å². The molecule has 0 spiro atoms. The molecule has 0 unspecified atom stereocenters. The number of rotatable bonds is 1. The minimum Gasteiger partial charge on any atom is -0.307 e. The Labute approximate surface area is 211 Å². The lowest BCUT2D eigenvalue weighted by Gasteiger charge is -2.02. The summed E-state index contributed by atoms with van der Waals surface area (Å²) in [6.45, 7) is 0. The average molecular weight is 534 g/mol. The Hall–Kier alpha value is -3.73. The zero-order valence-electron chi connectivity index (χ0n) is 17.5. The maximum atomic E-state index is 13.6. The largest absolute Gasteiger partial charge is 0.307 e. The summed E-state index contributed by atoms with van der Waals surface area (Å²) >= 11 is 16.1. The topological polar surface area (TPSA) is 86.2 Å². The van der Waals surface area contributed by atoms with Crippen LogP contribution in [-0.4, -0.2) is 38.7 Å². The van der Waals surface area contributed by atoms with Crippen molar-refractivity contribution in [2.45, 2.75) is 0 Å². The van der Waals surface area contributed by atoms with Crippen LogP contribution >= 0.6 is 34.8 Å². The molecule has 0 saturated heterocycles. The number of nitrogens with zero attached hydrogens (tertiary/aromatic N) is 8. The Morgan fingerprint density at radius 3 is 2.06 bits per heavy atom. The van der Waals surface area contributed by atoms with Gasteiger partial charge in [0.05, 0.1) is 24.3 Å². The first-order valence-electron chi connectivity index (χ1n) is 9.74. The SMILES string of the molecule is Fc1cnc(Cl)nc1-c1cnc2ccccn12.Fc1cnc(Cl)nc1Cl.c1ccn2ccnc2c1. The fourth-order valence-corrected chi connectivity index (χ4v) is 3.26. The van der Waals surface area contributed by atoms with Gasteiger partial charge in [0.25, 0.3) is 0 Å². The first kappa shape index (κ1) is 24.4. The lowest BCUT2D eigenvalue weighted by Crippen LogP contribution is -1.95. The predicted octanol–water partition coefficient (Wildman–Crippen LogP) is 5.84. The van der Waals surface area contributed by atoms with Gasteiger partial charge in [0.2, 0.25) is 10.6 Å². The molecule has 0 aliphatic carbocycles. The van der Waals surface area contributed by atoms with Gasteiger partial charge in [-0.3, -0.25) is 4.40 Å². The summed E-state index contributed by atoms with van der Waals surface area (Å²) in [5, 5.41) is -0.302. The molecule has 0 saturated carbocycles. The van der Waals surface area contributed by atoms with Crippen molar-refractivity contribution in [1.82, 2.24) is 38.7 Å². The zero-order valence-corrected chi connectivity index (χ0v) is 19.7. The van der Waals surface area contributed by atoms with Crippen molar-refractivity contribution in [2.24, 2.45) is 0 Å². The molecule has 0 N–H and O–H groups in total. The lowest BCUT2D eigenvalue weighted by molar-refractivity contribution is 0.614. The standard InChI is InChI=1S/C11H6ClFN4.C7H6N2.C4HCl2FN2/c12-11-15-5-7(13)10(16-11)8-6-14-9-3-1-2-4-17(8)9;1-2-5-9-6-4-8-7(9)3-1;5-3-2(7)1-8-4(6)9-3/h1-6H;1-6H;1H. The van der Waals surface area contributed by atoms with E-state index in [-0.39, 0.29) is 21.4 Å². The second-order valence-corrected chi connectivity index (χ2v) is 7.61. The van der Waals surface area contributed by atoms with E-state index in [4.69, 9.17) is 34.8 Å². The van der Waals surface area contributed by atoms with Crippen LogP contribution in [0.1, 0.15) is 0 Å². The molecule has 0 radical (unpaired) electrons. The molecular weight excluding hydrogens is 521 g/mol. The second-order valence-electron chi connectivity index (χ2n) is 6.58. The van der Waals surface area contributed by atoms with Crippen LogP contribution in [0, 0.1) is 11.6 Å². The number of imidazole rings is 2. The molecule has 35 heavy (non-hydrogen) atoms. The van der Waals surface area contributed by atoms with Gasteiger partial charge >= 0.3 is 0 Å². The maximum Gasteiger partial charge on any atom is 0.223 e. The van der Waals surface area contributed by atoms with Gasteiger partial charge in [0, 0.05) is 24.8 Å². The smallest absolute Gasteiger partial charge is 0.223 e. The summed E-state index contributed by atoms with van der Waals surface area (Å²) in [7, 11) is 0. The maximum absolute atomic E-state index is 13.6. The van der Waals surface area contributed by atoms with Crippen LogP contribution in [0.5, 0.6) is 0 Å². The number of halogens is 5. The molecule has 8 nitrogen and oxygen atoms in total. The highest BCUT2D eigenvalue weighted by molar-refractivity contribution is 6.31. The normalized spacial score (nSPS) is 10.4. The van der Waals surface area contributed by atoms with Crippen molar-refractivity contribution < 1.29 is 8.78 Å². The minimum absolute atomic E-state index is 0.00674. The predicted molar refractivity (Wildman–Crippen MR) is 128 cm³/mol. The molecule has 0 amide bonds. The summed E-state index contributed by atoms with van der Waals surface area (Å²) in [6.07, 6.45) is 11.0. The molecule has 0 atom stereocenters. The molecule has 176 valence electrons. The van der Waals surface area contributed by atoms with Crippen molar-refractivity contribution >= 4 is 46.1 Å². The molecule has 0 aliphatic rings. The molecule has 6 aromatic heterocycles. The Morgan fingerprint density at radius 1 is 0.657 bits per heavy atom. The molecule has 0 aromatic carbocycles. The van der Waals surface area contributed by atoms with Crippen molar-refractivity contribution in [3.8, 4) is 11.4 Å². The summed E-state index contributed by atoms with van der Waals surface area (Å²) in [5.74, 6) is -1.19. The van der Waals surface area contributed by atoms with Crippen molar-refractivity contribution in [3.05, 3.63) is 107 Å². The Kier molecular flexibility index (Phi) is 7.76. The molecule has 6 heterocycles. The third kappa shape index (κ3) is 6.04. The monoisotopic (exact) mass is 532 g/mol. The summed E-state index contributed by atoms with van der Waals surface area (Å²) in [6, 6.07) is 11.4. The van der Waals surface area contributed by atoms with E-state index in [0.717, 1.165) is 23.7 Å². The average Bonchev–Trinajstić information content (AvgIpc) is 3.51. The van der Waals surface area contributed by atoms with Gasteiger partial charge < -0.3 is 4.40 Å². The van der Waals surface area contributed by atoms with E-state index in [2.05, 4.69) is 29.9 Å². The minimum atomic E-state index is -0.666. The van der Waals surface area contributed by atoms with Gasteiger partial charge in [-0.2, -0.15) is 0 Å². The number of hydrogen-bond donors (Lipinski definition) is 0. The van der Waals surface area contributed by atoms with Crippen LogP contribution in [0.2, 0.25) is 15.7 Å². The molecule has 6 rings (SSSR count). The molecule has 13 heteroatoms. The van der Waals surface area contributed by atoms with Crippen LogP contribution in [0.4, 0.5) is 8.78 Å². The number of hydrogen-bond acceptors (Lipinski definition) is 6. The van der Waals surface area contributed by atoms with Crippen molar-refractivity contribution in [2.75, 3.05) is 0 Å². The number of fused-ring (bicyclic) bond motifs is 2. The van der Waals surface area contributed by atoms with E-state index in [0.29, 0.717) is 5.69 Å². The molecule has 0 aliphatic heterocycles. The first-order valence-corrected chi connectivity index (χ1v) is 10.9. The summed E-state index contributed by atoms with van der Waals surface area (Å²) in [4.78, 5) is 22.4. The van der Waals surface area contributed by atoms with Crippen molar-refractivity contribution in [1.29, 1.82) is 0 Å². The van der Waals surface area contributed by atoms with E-state index >= 15 is 0 Å². The van der Waals surface area contributed by atoms with Crippen LogP contribution in [0.25, 0.3) is 22.7 Å². The van der Waals surface area contributed by atoms with Gasteiger partial charge in [-0.1, -0.05) is 23.7 Å². The van der Waals surface area contributed by atoms with E-state index in [1.807, 2.05) is 53.2 Å². The van der Waals surface area contributed by atoms with Gasteiger partial charge in [-0.05, 0) is 47.5 Å². The van der Waals surface area contributed by atoms with Gasteiger partial charge in [-0.15, -0.1) is 0 Å². The molecule has 6 aromatic rings. The lowest BCUT2D eigenvalue weighted by atomic mass is 10.3. The van der Waals surface area contributed by atoms with E-state index in [1.54, 1.807) is 23.0 Å². The van der Waals surface area contributed by atoms with Gasteiger partial charge in [0.1, 0.15) is 17.0 Å².